The molecule has 1 aromatic rings. The Morgan fingerprint density at radius 3 is 3.17 bits per heavy atom. The molecule has 0 aliphatic heterocycles. The number of Topliss-reactive ketones (excluding diaryl/α,β-unsaturated/α-hetero) is 1. The van der Waals surface area contributed by atoms with Crippen LogP contribution in [0.25, 0.3) is 0 Å². The van der Waals surface area contributed by atoms with Crippen LogP contribution >= 0.6 is 11.3 Å². The van der Waals surface area contributed by atoms with Gasteiger partial charge in [0, 0.05) is 30.5 Å². The van der Waals surface area contributed by atoms with Crippen molar-refractivity contribution in [3.05, 3.63) is 16.6 Å². The van der Waals surface area contributed by atoms with E-state index < -0.39 is 0 Å². The van der Waals surface area contributed by atoms with Crippen LogP contribution in [0.4, 0.5) is 0 Å². The summed E-state index contributed by atoms with van der Waals surface area (Å²) in [6.45, 7) is 0.762. The van der Waals surface area contributed by atoms with Crippen LogP contribution in [0.2, 0.25) is 0 Å². The Hall–Kier alpha value is -0.740. The minimum Gasteiger partial charge on any atom is -0.319 e. The van der Waals surface area contributed by atoms with Crippen molar-refractivity contribution in [1.82, 2.24) is 10.3 Å². The quantitative estimate of drug-likeness (QED) is 0.738. The average molecular weight is 184 g/mol. The van der Waals surface area contributed by atoms with E-state index >= 15 is 0 Å². The van der Waals surface area contributed by atoms with Gasteiger partial charge in [0.1, 0.15) is 5.78 Å². The highest BCUT2D eigenvalue weighted by Crippen LogP contribution is 2.07. The van der Waals surface area contributed by atoms with Gasteiger partial charge in [0.2, 0.25) is 0 Å². The van der Waals surface area contributed by atoms with E-state index in [0.717, 1.165) is 11.4 Å². The SMILES string of the molecule is CNCCC(=O)Cc1cncs1. The van der Waals surface area contributed by atoms with Crippen molar-refractivity contribution < 1.29 is 4.79 Å². The third-order valence-electron chi connectivity index (χ3n) is 1.51. The van der Waals surface area contributed by atoms with Gasteiger partial charge in [-0.25, -0.2) is 0 Å². The van der Waals surface area contributed by atoms with Crippen LogP contribution in [0, 0.1) is 0 Å². The molecule has 0 aliphatic carbocycles. The Bertz CT molecular complexity index is 233. The number of thiazole rings is 1. The van der Waals surface area contributed by atoms with Crippen molar-refractivity contribution in [1.29, 1.82) is 0 Å². The lowest BCUT2D eigenvalue weighted by Gasteiger charge is -1.96. The highest BCUT2D eigenvalue weighted by Gasteiger charge is 2.03. The number of carbonyl (C=O) groups excluding carboxylic acids is 1. The summed E-state index contributed by atoms with van der Waals surface area (Å²) in [5.74, 6) is 0.272. The van der Waals surface area contributed by atoms with Gasteiger partial charge in [-0.15, -0.1) is 11.3 Å². The zero-order chi connectivity index (χ0) is 8.81. The van der Waals surface area contributed by atoms with Crippen LogP contribution in [0.1, 0.15) is 11.3 Å². The van der Waals surface area contributed by atoms with Gasteiger partial charge >= 0.3 is 0 Å². The highest BCUT2D eigenvalue weighted by molar-refractivity contribution is 7.09. The van der Waals surface area contributed by atoms with E-state index in [0.29, 0.717) is 12.8 Å². The van der Waals surface area contributed by atoms with Crippen molar-refractivity contribution in [2.24, 2.45) is 0 Å². The second kappa shape index (κ2) is 5.00. The molecule has 0 spiro atoms. The van der Waals surface area contributed by atoms with Crippen LogP contribution in [-0.2, 0) is 11.2 Å². The lowest BCUT2D eigenvalue weighted by molar-refractivity contribution is -0.118. The topological polar surface area (TPSA) is 42.0 Å². The summed E-state index contributed by atoms with van der Waals surface area (Å²) in [5, 5.41) is 2.95. The van der Waals surface area contributed by atoms with Crippen molar-refractivity contribution in [3.8, 4) is 0 Å². The molecule has 66 valence electrons. The molecule has 1 aromatic heterocycles. The molecule has 1 rings (SSSR count). The van der Waals surface area contributed by atoms with Gasteiger partial charge in [-0.2, -0.15) is 0 Å². The lowest BCUT2D eigenvalue weighted by Crippen LogP contribution is -2.13. The molecule has 1 N–H and O–H groups in total. The van der Waals surface area contributed by atoms with E-state index in [1.54, 1.807) is 11.7 Å². The molecule has 0 unspecified atom stereocenters. The zero-order valence-corrected chi connectivity index (χ0v) is 7.86. The van der Waals surface area contributed by atoms with Crippen LogP contribution in [0.3, 0.4) is 0 Å². The van der Waals surface area contributed by atoms with Crippen molar-refractivity contribution in [3.63, 3.8) is 0 Å². The van der Waals surface area contributed by atoms with Gasteiger partial charge in [0.25, 0.3) is 0 Å². The summed E-state index contributed by atoms with van der Waals surface area (Å²) in [6.07, 6.45) is 2.89. The summed E-state index contributed by atoms with van der Waals surface area (Å²) < 4.78 is 0. The van der Waals surface area contributed by atoms with Gasteiger partial charge in [-0.05, 0) is 7.05 Å². The highest BCUT2D eigenvalue weighted by atomic mass is 32.1. The number of rotatable bonds is 5. The van der Waals surface area contributed by atoms with E-state index in [4.69, 9.17) is 0 Å². The number of ketones is 1. The van der Waals surface area contributed by atoms with Gasteiger partial charge < -0.3 is 5.32 Å². The molecule has 0 aliphatic rings. The molecule has 0 fully saturated rings. The van der Waals surface area contributed by atoms with Crippen LogP contribution in [0.5, 0.6) is 0 Å². The minimum atomic E-state index is 0.272. The summed E-state index contributed by atoms with van der Waals surface area (Å²) in [5.41, 5.74) is 1.75. The standard InChI is InChI=1S/C8H12N2OS/c1-9-3-2-7(11)4-8-5-10-6-12-8/h5-6,9H,2-4H2,1H3. The number of aromatic nitrogens is 1. The maximum atomic E-state index is 11.2. The Labute approximate surface area is 75.8 Å². The first-order valence-electron chi connectivity index (χ1n) is 3.86. The molecular formula is C8H12N2OS. The number of nitrogens with zero attached hydrogens (tertiary/aromatic N) is 1. The molecule has 3 nitrogen and oxygen atoms in total. The molecule has 12 heavy (non-hydrogen) atoms. The largest absolute Gasteiger partial charge is 0.319 e. The molecule has 0 atom stereocenters. The summed E-state index contributed by atoms with van der Waals surface area (Å²) >= 11 is 1.53. The number of nitrogens with one attached hydrogen (secondary N) is 1. The molecular weight excluding hydrogens is 172 g/mol. The third kappa shape index (κ3) is 3.11. The summed E-state index contributed by atoms with van der Waals surface area (Å²) in [6, 6.07) is 0. The molecule has 4 heteroatoms. The summed E-state index contributed by atoms with van der Waals surface area (Å²) in [4.78, 5) is 16.2. The maximum absolute atomic E-state index is 11.2. The number of hydrogen-bond acceptors (Lipinski definition) is 4. The molecule has 0 saturated heterocycles. The second-order valence-corrected chi connectivity index (χ2v) is 3.51. The summed E-state index contributed by atoms with van der Waals surface area (Å²) in [7, 11) is 1.85. The Balaban J connectivity index is 2.27. The first-order chi connectivity index (χ1) is 5.83. The zero-order valence-electron chi connectivity index (χ0n) is 7.04. The fourth-order valence-electron chi connectivity index (χ4n) is 0.877. The first kappa shape index (κ1) is 9.35. The Morgan fingerprint density at radius 2 is 2.58 bits per heavy atom. The predicted molar refractivity (Wildman–Crippen MR) is 49.4 cm³/mol. The molecule has 0 bridgehead atoms. The van der Waals surface area contributed by atoms with Crippen molar-refractivity contribution >= 4 is 17.1 Å². The Kier molecular flexibility index (Phi) is 3.90. The predicted octanol–water partition coefficient (Wildman–Crippen LogP) is 0.864. The van der Waals surface area contributed by atoms with Gasteiger partial charge in [-0.3, -0.25) is 9.78 Å². The van der Waals surface area contributed by atoms with E-state index in [2.05, 4.69) is 10.3 Å². The Morgan fingerprint density at radius 1 is 1.75 bits per heavy atom. The van der Waals surface area contributed by atoms with E-state index in [1.165, 1.54) is 11.3 Å². The van der Waals surface area contributed by atoms with Crippen molar-refractivity contribution in [2.45, 2.75) is 12.8 Å². The second-order valence-electron chi connectivity index (χ2n) is 2.54. The molecule has 0 radical (unpaired) electrons. The van der Waals surface area contributed by atoms with Crippen LogP contribution in [-0.4, -0.2) is 24.4 Å². The first-order valence-corrected chi connectivity index (χ1v) is 4.74. The monoisotopic (exact) mass is 184 g/mol. The van der Waals surface area contributed by atoms with E-state index in [1.807, 2.05) is 7.05 Å². The van der Waals surface area contributed by atoms with Gasteiger partial charge in [0.15, 0.2) is 0 Å². The number of carbonyl (C=O) groups is 1. The van der Waals surface area contributed by atoms with Gasteiger partial charge in [0.05, 0.1) is 5.51 Å². The number of hydrogen-bond donors (Lipinski definition) is 1. The van der Waals surface area contributed by atoms with Gasteiger partial charge in [-0.1, -0.05) is 0 Å². The van der Waals surface area contributed by atoms with Crippen LogP contribution in [0.15, 0.2) is 11.7 Å². The smallest absolute Gasteiger partial charge is 0.139 e. The van der Waals surface area contributed by atoms with E-state index in [-0.39, 0.29) is 5.78 Å². The lowest BCUT2D eigenvalue weighted by atomic mass is 10.2. The van der Waals surface area contributed by atoms with Crippen molar-refractivity contribution in [2.75, 3.05) is 13.6 Å². The average Bonchev–Trinajstić information content (AvgIpc) is 2.53. The maximum Gasteiger partial charge on any atom is 0.139 e. The fraction of sp³-hybridized carbons (Fsp3) is 0.500. The molecule has 1 heterocycles. The molecule has 0 aromatic carbocycles. The third-order valence-corrected chi connectivity index (χ3v) is 2.29. The minimum absolute atomic E-state index is 0.272. The molecule has 0 amide bonds. The fourth-order valence-corrected chi connectivity index (χ4v) is 1.50. The van der Waals surface area contributed by atoms with E-state index in [9.17, 15) is 4.79 Å². The van der Waals surface area contributed by atoms with Crippen LogP contribution < -0.4 is 5.32 Å². The molecule has 0 saturated carbocycles. The normalized spacial score (nSPS) is 10.1.